The second-order valence-electron chi connectivity index (χ2n) is 2.44. The predicted molar refractivity (Wildman–Crippen MR) is 44.0 cm³/mol. The molecule has 1 unspecified atom stereocenters. The first-order chi connectivity index (χ1) is 5.75. The van der Waals surface area contributed by atoms with Gasteiger partial charge in [-0.25, -0.2) is 4.39 Å². The first-order valence-corrected chi connectivity index (χ1v) is 3.64. The molecule has 0 saturated carbocycles. The average Bonchev–Trinajstić information content (AvgIpc) is 2.05. The summed E-state index contributed by atoms with van der Waals surface area (Å²) in [5, 5.41) is 9.36. The number of pyridine rings is 1. The maximum atomic E-state index is 12.9. The summed E-state index contributed by atoms with van der Waals surface area (Å²) in [6.45, 7) is 3.46. The summed E-state index contributed by atoms with van der Waals surface area (Å²) in [6.07, 6.45) is 3.61. The largest absolute Gasteiger partial charge is 0.388 e. The Hall–Kier alpha value is -1.22. The maximum absolute atomic E-state index is 12.9. The van der Waals surface area contributed by atoms with Crippen LogP contribution in [-0.4, -0.2) is 10.1 Å². The molecule has 0 aliphatic heterocycles. The monoisotopic (exact) mass is 167 g/mol. The molecule has 0 aromatic carbocycles. The molecule has 0 aliphatic carbocycles. The maximum Gasteiger partial charge on any atom is 0.147 e. The van der Waals surface area contributed by atoms with E-state index in [2.05, 4.69) is 11.6 Å². The van der Waals surface area contributed by atoms with Gasteiger partial charge < -0.3 is 5.11 Å². The molecular weight excluding hydrogens is 157 g/mol. The minimum Gasteiger partial charge on any atom is -0.388 e. The number of rotatable bonds is 3. The van der Waals surface area contributed by atoms with Crippen LogP contribution in [0.3, 0.4) is 0 Å². The molecule has 1 rings (SSSR count). The molecule has 2 nitrogen and oxygen atoms in total. The third-order valence-corrected chi connectivity index (χ3v) is 1.55. The van der Waals surface area contributed by atoms with Crippen molar-refractivity contribution in [3.63, 3.8) is 0 Å². The Morgan fingerprint density at radius 1 is 1.75 bits per heavy atom. The van der Waals surface area contributed by atoms with Crippen LogP contribution in [0.5, 0.6) is 0 Å². The van der Waals surface area contributed by atoms with Crippen molar-refractivity contribution < 1.29 is 9.50 Å². The van der Waals surface area contributed by atoms with Crippen molar-refractivity contribution >= 4 is 0 Å². The highest BCUT2D eigenvalue weighted by molar-refractivity contribution is 5.16. The summed E-state index contributed by atoms with van der Waals surface area (Å²) in [5.41, 5.74) is 0.268. The van der Waals surface area contributed by atoms with E-state index < -0.39 is 11.9 Å². The summed E-state index contributed by atoms with van der Waals surface area (Å²) >= 11 is 0. The second-order valence-corrected chi connectivity index (χ2v) is 2.44. The van der Waals surface area contributed by atoms with Crippen molar-refractivity contribution in [3.8, 4) is 0 Å². The third-order valence-electron chi connectivity index (χ3n) is 1.55. The standard InChI is InChI=1S/C9H10FNO/c1-2-3-9(12)7-4-5-11-6-8(7)10/h2,4-6,9,12H,1,3H2. The minimum atomic E-state index is -0.814. The van der Waals surface area contributed by atoms with Crippen molar-refractivity contribution in [1.82, 2.24) is 4.98 Å². The van der Waals surface area contributed by atoms with Crippen LogP contribution >= 0.6 is 0 Å². The van der Waals surface area contributed by atoms with Gasteiger partial charge in [0.25, 0.3) is 0 Å². The lowest BCUT2D eigenvalue weighted by atomic mass is 10.1. The molecule has 1 heterocycles. The lowest BCUT2D eigenvalue weighted by Gasteiger charge is -2.07. The summed E-state index contributed by atoms with van der Waals surface area (Å²) in [6, 6.07) is 1.46. The van der Waals surface area contributed by atoms with Crippen molar-refractivity contribution in [1.29, 1.82) is 0 Å². The highest BCUT2D eigenvalue weighted by atomic mass is 19.1. The van der Waals surface area contributed by atoms with Crippen LogP contribution in [0.1, 0.15) is 18.1 Å². The Morgan fingerprint density at radius 3 is 3.08 bits per heavy atom. The zero-order valence-corrected chi connectivity index (χ0v) is 6.57. The number of aliphatic hydroxyl groups excluding tert-OH is 1. The molecule has 0 radical (unpaired) electrons. The van der Waals surface area contributed by atoms with Gasteiger partial charge in [-0.3, -0.25) is 4.98 Å². The quantitative estimate of drug-likeness (QED) is 0.696. The molecule has 1 N–H and O–H groups in total. The molecular formula is C9H10FNO. The third kappa shape index (κ3) is 1.89. The van der Waals surface area contributed by atoms with Gasteiger partial charge in [-0.1, -0.05) is 6.08 Å². The zero-order chi connectivity index (χ0) is 8.97. The van der Waals surface area contributed by atoms with E-state index in [1.165, 1.54) is 12.3 Å². The molecule has 1 aromatic heterocycles. The highest BCUT2D eigenvalue weighted by Crippen LogP contribution is 2.18. The van der Waals surface area contributed by atoms with Gasteiger partial charge in [0, 0.05) is 11.8 Å². The van der Waals surface area contributed by atoms with E-state index in [9.17, 15) is 9.50 Å². The lowest BCUT2D eigenvalue weighted by molar-refractivity contribution is 0.176. The van der Waals surface area contributed by atoms with Crippen molar-refractivity contribution in [3.05, 3.63) is 42.5 Å². The molecule has 0 amide bonds. The fourth-order valence-electron chi connectivity index (χ4n) is 0.941. The Balaban J connectivity index is 2.86. The summed E-state index contributed by atoms with van der Waals surface area (Å²) in [7, 11) is 0. The van der Waals surface area contributed by atoms with Crippen LogP contribution in [0.2, 0.25) is 0 Å². The molecule has 64 valence electrons. The van der Waals surface area contributed by atoms with Crippen molar-refractivity contribution in [2.45, 2.75) is 12.5 Å². The van der Waals surface area contributed by atoms with E-state index in [-0.39, 0.29) is 5.56 Å². The van der Waals surface area contributed by atoms with Crippen LogP contribution < -0.4 is 0 Å². The molecule has 0 fully saturated rings. The Kier molecular flexibility index (Phi) is 2.94. The topological polar surface area (TPSA) is 33.1 Å². The normalized spacial score (nSPS) is 12.5. The van der Waals surface area contributed by atoms with E-state index >= 15 is 0 Å². The first-order valence-electron chi connectivity index (χ1n) is 3.64. The van der Waals surface area contributed by atoms with Crippen LogP contribution in [0, 0.1) is 5.82 Å². The molecule has 0 saturated heterocycles. The van der Waals surface area contributed by atoms with Crippen LogP contribution in [0.15, 0.2) is 31.1 Å². The highest BCUT2D eigenvalue weighted by Gasteiger charge is 2.09. The Bertz CT molecular complexity index is 275. The van der Waals surface area contributed by atoms with Crippen molar-refractivity contribution in [2.75, 3.05) is 0 Å². The number of aliphatic hydroxyl groups is 1. The summed E-state index contributed by atoms with van der Waals surface area (Å²) in [4.78, 5) is 3.58. The number of nitrogens with zero attached hydrogens (tertiary/aromatic N) is 1. The van der Waals surface area contributed by atoms with Gasteiger partial charge >= 0.3 is 0 Å². The first kappa shape index (κ1) is 8.87. The zero-order valence-electron chi connectivity index (χ0n) is 6.57. The van der Waals surface area contributed by atoms with E-state index in [0.717, 1.165) is 6.20 Å². The van der Waals surface area contributed by atoms with Gasteiger partial charge in [0.1, 0.15) is 5.82 Å². The number of hydrogen-bond donors (Lipinski definition) is 1. The lowest BCUT2D eigenvalue weighted by Crippen LogP contribution is -1.99. The average molecular weight is 167 g/mol. The molecule has 0 aliphatic rings. The number of halogens is 1. The fraction of sp³-hybridized carbons (Fsp3) is 0.222. The molecule has 12 heavy (non-hydrogen) atoms. The predicted octanol–water partition coefficient (Wildman–Crippen LogP) is 1.83. The Labute approximate surface area is 70.4 Å². The minimum absolute atomic E-state index is 0.268. The van der Waals surface area contributed by atoms with E-state index in [1.807, 2.05) is 0 Å². The number of aromatic nitrogens is 1. The molecule has 0 bridgehead atoms. The van der Waals surface area contributed by atoms with Gasteiger partial charge in [-0.2, -0.15) is 0 Å². The summed E-state index contributed by atoms with van der Waals surface area (Å²) < 4.78 is 12.9. The van der Waals surface area contributed by atoms with Crippen LogP contribution in [0.25, 0.3) is 0 Å². The van der Waals surface area contributed by atoms with Gasteiger partial charge in [-0.15, -0.1) is 6.58 Å². The smallest absolute Gasteiger partial charge is 0.147 e. The van der Waals surface area contributed by atoms with Crippen molar-refractivity contribution in [2.24, 2.45) is 0 Å². The second kappa shape index (κ2) is 3.97. The Morgan fingerprint density at radius 2 is 2.50 bits per heavy atom. The van der Waals surface area contributed by atoms with Crippen LogP contribution in [0.4, 0.5) is 4.39 Å². The molecule has 3 heteroatoms. The molecule has 0 spiro atoms. The van der Waals surface area contributed by atoms with Gasteiger partial charge in [0.05, 0.1) is 12.3 Å². The van der Waals surface area contributed by atoms with E-state index in [4.69, 9.17) is 0 Å². The van der Waals surface area contributed by atoms with Crippen LogP contribution in [-0.2, 0) is 0 Å². The molecule has 1 atom stereocenters. The number of hydrogen-bond acceptors (Lipinski definition) is 2. The van der Waals surface area contributed by atoms with Gasteiger partial charge in [-0.05, 0) is 12.5 Å². The fourth-order valence-corrected chi connectivity index (χ4v) is 0.941. The van der Waals surface area contributed by atoms with E-state index in [0.29, 0.717) is 6.42 Å². The SMILES string of the molecule is C=CCC(O)c1ccncc1F. The molecule has 1 aromatic rings. The van der Waals surface area contributed by atoms with E-state index in [1.54, 1.807) is 6.08 Å². The summed E-state index contributed by atoms with van der Waals surface area (Å²) in [5.74, 6) is -0.480. The van der Waals surface area contributed by atoms with Gasteiger partial charge in [0.2, 0.25) is 0 Å². The van der Waals surface area contributed by atoms with Gasteiger partial charge in [0.15, 0.2) is 0 Å².